The average molecular weight is 995 g/mol. The van der Waals surface area contributed by atoms with E-state index < -0.39 is 77.2 Å². The van der Waals surface area contributed by atoms with E-state index in [9.17, 15) is 62.8 Å². The van der Waals surface area contributed by atoms with Crippen molar-refractivity contribution < 1.29 is 90.3 Å². The van der Waals surface area contributed by atoms with Gasteiger partial charge in [-0.1, -0.05) is 18.6 Å². The molecular formula is C39H41N4O21P3. The molecule has 7 rings (SSSR count). The van der Waals surface area contributed by atoms with E-state index >= 15 is 0 Å². The molecule has 5 unspecified atom stereocenters. The monoisotopic (exact) mass is 994 g/mol. The molecular weight excluding hydrogens is 953 g/mol. The topological polar surface area (TPSA) is 378 Å². The van der Waals surface area contributed by atoms with Gasteiger partial charge in [0.15, 0.2) is 5.60 Å². The number of hydrogen-bond donors (Lipinski definition) is 10. The molecule has 358 valence electrons. The number of esters is 1. The normalized spacial score (nSPS) is 20.0. The van der Waals surface area contributed by atoms with Gasteiger partial charge in [-0.25, -0.2) is 23.3 Å². The first-order valence-corrected chi connectivity index (χ1v) is 24.5. The molecule has 0 bridgehead atoms. The number of fused-ring (bicyclic) bond motifs is 6. The number of hydrogen-bond acceptors (Lipinski definition) is 17. The minimum absolute atomic E-state index is 0.0113. The number of nitrogens with one attached hydrogen (secondary N) is 3. The number of phosphoric acid groups is 3. The maximum absolute atomic E-state index is 13.3. The molecule has 4 aromatic rings. The van der Waals surface area contributed by atoms with Gasteiger partial charge < -0.3 is 59.7 Å². The standard InChI is InChI=1S/C39H41N4O21P3/c44-23-8-11-26-30(16-23)60-31-17-24(45)9-12-27(31)39(26)28-15-21(7-10-25(28)37(50)62-39)35(48)41-13-3-1-2-6-33(47)40-14-4-5-22-19-43(38(51)42-36(22)49)34-18-29(46)32(61-34)20-59-66(55,56)64-67(57,58)63-65(52,53)54/h4-5,7-12,15-17,19,29,32,34,44-46H,1-3,6,13-14,18,20H2,(H,40,47)(H,41,48)(H,55,56)(H,57,58)(H,42,49,51)(H2,52,53,54). The van der Waals surface area contributed by atoms with Gasteiger partial charge in [-0.05, 0) is 55.3 Å². The van der Waals surface area contributed by atoms with Crippen molar-refractivity contribution in [3.05, 3.63) is 121 Å². The average Bonchev–Trinajstić information content (AvgIpc) is 3.74. The van der Waals surface area contributed by atoms with Gasteiger partial charge in [0, 0.05) is 66.5 Å². The zero-order chi connectivity index (χ0) is 48.5. The molecule has 67 heavy (non-hydrogen) atoms. The Kier molecular flexibility index (Phi) is 14.3. The number of rotatable bonds is 18. The lowest BCUT2D eigenvalue weighted by atomic mass is 9.77. The van der Waals surface area contributed by atoms with Crippen LogP contribution in [0.5, 0.6) is 23.0 Å². The summed E-state index contributed by atoms with van der Waals surface area (Å²) in [6.07, 6.45) is 1.08. The maximum Gasteiger partial charge on any atom is 0.490 e. The van der Waals surface area contributed by atoms with Crippen molar-refractivity contribution in [2.24, 2.45) is 0 Å². The number of ether oxygens (including phenoxy) is 3. The molecule has 3 aliphatic rings. The molecule has 28 heteroatoms. The maximum atomic E-state index is 13.3. The number of H-pyrrole nitrogens is 1. The molecule has 2 amide bonds. The summed E-state index contributed by atoms with van der Waals surface area (Å²) in [6.45, 7) is -0.723. The largest absolute Gasteiger partial charge is 0.508 e. The Balaban J connectivity index is 0.861. The Labute approximate surface area is 377 Å². The van der Waals surface area contributed by atoms with E-state index in [2.05, 4.69) is 28.8 Å². The minimum Gasteiger partial charge on any atom is -0.508 e. The third-order valence-corrected chi connectivity index (χ3v) is 14.2. The summed E-state index contributed by atoms with van der Waals surface area (Å²) in [5.74, 6) is -1.19. The van der Waals surface area contributed by atoms with Gasteiger partial charge in [0.2, 0.25) is 5.91 Å². The number of aromatic amines is 1. The van der Waals surface area contributed by atoms with Crippen LogP contribution < -0.4 is 26.6 Å². The molecule has 25 nitrogen and oxygen atoms in total. The SMILES string of the molecule is O=C(CCCCCNC(=O)c1ccc2c(c1)C1(OC2=O)c2ccc(O)cc2Oc2cc(O)ccc21)NCC=Cc1cn(C2CC(O)C(COP(=O)(O)OP(=O)(O)OP(=O)(O)O)O2)c(=O)[nH]c1=O. The highest BCUT2D eigenvalue weighted by Gasteiger charge is 2.54. The van der Waals surface area contributed by atoms with Crippen LogP contribution in [-0.2, 0) is 46.7 Å². The van der Waals surface area contributed by atoms with Crippen LogP contribution in [0.25, 0.3) is 6.08 Å². The van der Waals surface area contributed by atoms with Gasteiger partial charge >= 0.3 is 35.1 Å². The van der Waals surface area contributed by atoms with Crippen molar-refractivity contribution in [2.45, 2.75) is 56.1 Å². The summed E-state index contributed by atoms with van der Waals surface area (Å²) >= 11 is 0. The van der Waals surface area contributed by atoms with Crippen molar-refractivity contribution in [3.8, 4) is 23.0 Å². The lowest BCUT2D eigenvalue weighted by Gasteiger charge is -2.36. The van der Waals surface area contributed by atoms with Crippen LogP contribution in [0, 0.1) is 0 Å². The van der Waals surface area contributed by atoms with E-state index in [1.807, 2.05) is 0 Å². The number of amides is 2. The molecule has 10 N–H and O–H groups in total. The molecule has 1 aromatic heterocycles. The Bertz CT molecular complexity index is 2860. The zero-order valence-electron chi connectivity index (χ0n) is 34.5. The fourth-order valence-electron chi connectivity index (χ4n) is 7.52. The van der Waals surface area contributed by atoms with Crippen LogP contribution in [0.15, 0.2) is 76.5 Å². The van der Waals surface area contributed by atoms with Crippen LogP contribution in [0.3, 0.4) is 0 Å². The summed E-state index contributed by atoms with van der Waals surface area (Å²) in [4.78, 5) is 103. The summed E-state index contributed by atoms with van der Waals surface area (Å²) in [5, 5.41) is 36.3. The zero-order valence-corrected chi connectivity index (χ0v) is 37.1. The first kappa shape index (κ1) is 49.1. The predicted octanol–water partition coefficient (Wildman–Crippen LogP) is 2.63. The molecule has 1 fully saturated rings. The number of phenolic OH excluding ortho intramolecular Hbond substituents is 2. The number of benzene rings is 3. The summed E-state index contributed by atoms with van der Waals surface area (Å²) in [5.41, 5.74) is -1.70. The number of aromatic nitrogens is 2. The van der Waals surface area contributed by atoms with Gasteiger partial charge in [-0.15, -0.1) is 0 Å². The van der Waals surface area contributed by atoms with E-state index in [0.717, 1.165) is 10.8 Å². The van der Waals surface area contributed by atoms with Gasteiger partial charge in [0.1, 0.15) is 35.3 Å². The second kappa shape index (κ2) is 19.4. The number of carbonyl (C=O) groups excluding carboxylic acids is 3. The van der Waals surface area contributed by atoms with Crippen molar-refractivity contribution >= 4 is 47.3 Å². The highest BCUT2D eigenvalue weighted by atomic mass is 31.3. The van der Waals surface area contributed by atoms with Crippen molar-refractivity contribution in [1.29, 1.82) is 0 Å². The lowest BCUT2D eigenvalue weighted by molar-refractivity contribution is -0.121. The predicted molar refractivity (Wildman–Crippen MR) is 227 cm³/mol. The molecule has 5 atom stereocenters. The van der Waals surface area contributed by atoms with Crippen LogP contribution in [0.2, 0.25) is 0 Å². The van der Waals surface area contributed by atoms with Gasteiger partial charge in [0.25, 0.3) is 11.5 Å². The Morgan fingerprint density at radius 3 is 2.22 bits per heavy atom. The number of aliphatic hydroxyl groups is 1. The molecule has 0 saturated carbocycles. The molecule has 0 radical (unpaired) electrons. The van der Waals surface area contributed by atoms with E-state index in [1.54, 1.807) is 18.2 Å². The van der Waals surface area contributed by atoms with Gasteiger partial charge in [-0.2, -0.15) is 8.62 Å². The van der Waals surface area contributed by atoms with E-state index in [4.69, 9.17) is 24.0 Å². The van der Waals surface area contributed by atoms with E-state index in [-0.39, 0.29) is 71.5 Å². The number of phosphoric ester groups is 1. The number of nitrogens with zero attached hydrogens (tertiary/aromatic N) is 1. The fourth-order valence-corrected chi connectivity index (χ4v) is 10.5. The molecule has 1 spiro atoms. The second-order valence-corrected chi connectivity index (χ2v) is 19.6. The number of carbonyl (C=O) groups is 3. The Morgan fingerprint density at radius 2 is 1.55 bits per heavy atom. The van der Waals surface area contributed by atoms with Crippen LogP contribution in [-0.4, -0.2) is 94.1 Å². The highest BCUT2D eigenvalue weighted by Crippen LogP contribution is 2.66. The number of aromatic hydroxyl groups is 2. The first-order valence-electron chi connectivity index (χ1n) is 20.0. The van der Waals surface area contributed by atoms with Crippen LogP contribution in [0.1, 0.15) is 81.3 Å². The van der Waals surface area contributed by atoms with Crippen molar-refractivity contribution in [2.75, 3.05) is 19.7 Å². The quantitative estimate of drug-likeness (QED) is 0.0389. The van der Waals surface area contributed by atoms with Crippen molar-refractivity contribution in [1.82, 2.24) is 20.2 Å². The number of phenols is 2. The van der Waals surface area contributed by atoms with E-state index in [0.29, 0.717) is 36.0 Å². The molecule has 1 saturated heterocycles. The van der Waals surface area contributed by atoms with E-state index in [1.165, 1.54) is 48.6 Å². The first-order chi connectivity index (χ1) is 31.5. The van der Waals surface area contributed by atoms with Crippen LogP contribution in [0.4, 0.5) is 0 Å². The highest BCUT2D eigenvalue weighted by molar-refractivity contribution is 7.66. The Hall–Kier alpha value is -5.78. The summed E-state index contributed by atoms with van der Waals surface area (Å²) < 4.78 is 64.6. The number of aliphatic hydroxyl groups excluding tert-OH is 1. The fraction of sp³-hybridized carbons (Fsp3) is 0.308. The third-order valence-electron chi connectivity index (χ3n) is 10.4. The van der Waals surface area contributed by atoms with Crippen LogP contribution >= 0.6 is 23.5 Å². The summed E-state index contributed by atoms with van der Waals surface area (Å²) in [6, 6.07) is 13.2. The van der Waals surface area contributed by atoms with Crippen molar-refractivity contribution in [3.63, 3.8) is 0 Å². The third kappa shape index (κ3) is 11.3. The summed E-state index contributed by atoms with van der Waals surface area (Å²) in [7, 11) is -16.9. The second-order valence-electron chi connectivity index (χ2n) is 15.1. The van der Waals surface area contributed by atoms with Gasteiger partial charge in [0.05, 0.1) is 23.8 Å². The minimum atomic E-state index is -5.79. The van der Waals surface area contributed by atoms with Gasteiger partial charge in [-0.3, -0.25) is 28.5 Å². The Morgan fingerprint density at radius 1 is 0.866 bits per heavy atom. The lowest BCUT2D eigenvalue weighted by Crippen LogP contribution is -2.33. The molecule has 3 aromatic carbocycles. The molecule has 0 aliphatic carbocycles. The molecule has 3 aliphatic heterocycles. The smallest absolute Gasteiger partial charge is 0.490 e. The molecule has 4 heterocycles. The number of unbranched alkanes of at least 4 members (excludes halogenated alkanes) is 2.